The second kappa shape index (κ2) is 3.57. The van der Waals surface area contributed by atoms with Crippen LogP contribution in [0.25, 0.3) is 0 Å². The molecule has 2 aliphatic rings. The number of amides is 2. The molecule has 2 atom stereocenters. The standard InChI is InChI=1S/C9H14N2O3/c1-6(12)11-3-2-8-7(4-11)10-9(13)5-14-8/h7-8H,2-5H2,1H3,(H,10,13)/t7-,8-/m1/s1. The van der Waals surface area contributed by atoms with Crippen LogP contribution in [0, 0.1) is 0 Å². The number of ether oxygens (including phenoxy) is 1. The van der Waals surface area contributed by atoms with E-state index in [1.54, 1.807) is 11.8 Å². The van der Waals surface area contributed by atoms with E-state index in [1.807, 2.05) is 0 Å². The van der Waals surface area contributed by atoms with Gasteiger partial charge >= 0.3 is 0 Å². The van der Waals surface area contributed by atoms with Crippen LogP contribution in [0.5, 0.6) is 0 Å². The number of fused-ring (bicyclic) bond motifs is 1. The molecule has 0 radical (unpaired) electrons. The first-order valence-corrected chi connectivity index (χ1v) is 4.83. The van der Waals surface area contributed by atoms with Crippen molar-refractivity contribution in [3.05, 3.63) is 0 Å². The number of hydrogen-bond acceptors (Lipinski definition) is 3. The number of morpholine rings is 1. The lowest BCUT2D eigenvalue weighted by atomic mass is 10.0. The molecular formula is C9H14N2O3. The molecule has 0 aromatic rings. The summed E-state index contributed by atoms with van der Waals surface area (Å²) in [4.78, 5) is 23.9. The minimum atomic E-state index is -0.0864. The molecule has 0 unspecified atom stereocenters. The summed E-state index contributed by atoms with van der Waals surface area (Å²) in [6, 6.07) is -0.0195. The zero-order chi connectivity index (χ0) is 10.1. The molecule has 2 heterocycles. The first-order chi connectivity index (χ1) is 6.66. The van der Waals surface area contributed by atoms with E-state index in [2.05, 4.69) is 5.32 Å². The zero-order valence-corrected chi connectivity index (χ0v) is 8.16. The molecular weight excluding hydrogens is 184 g/mol. The fourth-order valence-corrected chi connectivity index (χ4v) is 1.99. The van der Waals surface area contributed by atoms with Crippen LogP contribution in [0.1, 0.15) is 13.3 Å². The monoisotopic (exact) mass is 198 g/mol. The van der Waals surface area contributed by atoms with Gasteiger partial charge in [0.15, 0.2) is 0 Å². The Morgan fingerprint density at radius 2 is 2.43 bits per heavy atom. The molecule has 5 heteroatoms. The maximum Gasteiger partial charge on any atom is 0.246 e. The molecule has 1 N–H and O–H groups in total. The van der Waals surface area contributed by atoms with Crippen molar-refractivity contribution in [2.45, 2.75) is 25.5 Å². The topological polar surface area (TPSA) is 58.6 Å². The lowest BCUT2D eigenvalue weighted by Crippen LogP contribution is -2.60. The molecule has 0 aliphatic carbocycles. The normalized spacial score (nSPS) is 32.1. The highest BCUT2D eigenvalue weighted by Gasteiger charge is 2.35. The van der Waals surface area contributed by atoms with Gasteiger partial charge in [-0.05, 0) is 6.42 Å². The molecule has 2 rings (SSSR count). The molecule has 0 spiro atoms. The number of carbonyl (C=O) groups is 2. The van der Waals surface area contributed by atoms with Crippen LogP contribution >= 0.6 is 0 Å². The number of likely N-dealkylation sites (tertiary alicyclic amines) is 1. The van der Waals surface area contributed by atoms with Gasteiger partial charge in [0, 0.05) is 20.0 Å². The fraction of sp³-hybridized carbons (Fsp3) is 0.778. The molecule has 2 saturated heterocycles. The van der Waals surface area contributed by atoms with Crippen LogP contribution in [-0.4, -0.2) is 48.6 Å². The van der Waals surface area contributed by atoms with Crippen molar-refractivity contribution in [3.8, 4) is 0 Å². The lowest BCUT2D eigenvalue weighted by molar-refractivity contribution is -0.145. The Bertz CT molecular complexity index is 265. The third-order valence-corrected chi connectivity index (χ3v) is 2.77. The van der Waals surface area contributed by atoms with E-state index < -0.39 is 0 Å². The van der Waals surface area contributed by atoms with Crippen LogP contribution in [0.3, 0.4) is 0 Å². The highest BCUT2D eigenvalue weighted by molar-refractivity contribution is 5.78. The van der Waals surface area contributed by atoms with Crippen LogP contribution in [0.2, 0.25) is 0 Å². The third-order valence-electron chi connectivity index (χ3n) is 2.77. The van der Waals surface area contributed by atoms with Crippen molar-refractivity contribution >= 4 is 11.8 Å². The number of nitrogens with zero attached hydrogens (tertiary/aromatic N) is 1. The second-order valence-corrected chi connectivity index (χ2v) is 3.78. The molecule has 0 saturated carbocycles. The van der Waals surface area contributed by atoms with Crippen molar-refractivity contribution < 1.29 is 14.3 Å². The molecule has 0 aromatic heterocycles. The summed E-state index contributed by atoms with van der Waals surface area (Å²) in [7, 11) is 0. The molecule has 5 nitrogen and oxygen atoms in total. The number of hydrogen-bond donors (Lipinski definition) is 1. The van der Waals surface area contributed by atoms with E-state index in [0.29, 0.717) is 6.54 Å². The molecule has 2 amide bonds. The van der Waals surface area contributed by atoms with Gasteiger partial charge in [-0.25, -0.2) is 0 Å². The van der Waals surface area contributed by atoms with E-state index in [4.69, 9.17) is 4.74 Å². The molecule has 0 bridgehead atoms. The van der Waals surface area contributed by atoms with Gasteiger partial charge in [-0.1, -0.05) is 0 Å². The lowest BCUT2D eigenvalue weighted by Gasteiger charge is -2.40. The molecule has 2 fully saturated rings. The van der Waals surface area contributed by atoms with Gasteiger partial charge in [0.2, 0.25) is 11.8 Å². The number of rotatable bonds is 0. The van der Waals surface area contributed by atoms with Crippen LogP contribution in [-0.2, 0) is 14.3 Å². The van der Waals surface area contributed by atoms with Gasteiger partial charge in [-0.2, -0.15) is 0 Å². The number of nitrogens with one attached hydrogen (secondary N) is 1. The Morgan fingerprint density at radius 3 is 3.14 bits per heavy atom. The summed E-state index contributed by atoms with van der Waals surface area (Å²) in [6.07, 6.45) is 0.896. The quantitative estimate of drug-likeness (QED) is 0.550. The van der Waals surface area contributed by atoms with Gasteiger partial charge in [0.1, 0.15) is 6.61 Å². The number of carbonyl (C=O) groups excluding carboxylic acids is 2. The fourth-order valence-electron chi connectivity index (χ4n) is 1.99. The molecule has 14 heavy (non-hydrogen) atoms. The van der Waals surface area contributed by atoms with Crippen LogP contribution in [0.4, 0.5) is 0 Å². The Kier molecular flexibility index (Phi) is 2.41. The van der Waals surface area contributed by atoms with Gasteiger partial charge in [0.25, 0.3) is 0 Å². The van der Waals surface area contributed by atoms with E-state index in [9.17, 15) is 9.59 Å². The number of piperidine rings is 1. The predicted molar refractivity (Wildman–Crippen MR) is 48.5 cm³/mol. The average molecular weight is 198 g/mol. The zero-order valence-electron chi connectivity index (χ0n) is 8.16. The average Bonchev–Trinajstić information content (AvgIpc) is 2.16. The SMILES string of the molecule is CC(=O)N1CC[C@H]2OCC(=O)N[C@@H]2C1. The largest absolute Gasteiger partial charge is 0.366 e. The minimum Gasteiger partial charge on any atom is -0.366 e. The van der Waals surface area contributed by atoms with E-state index in [-0.39, 0.29) is 30.6 Å². The summed E-state index contributed by atoms with van der Waals surface area (Å²) in [5, 5.41) is 2.85. The van der Waals surface area contributed by atoms with E-state index >= 15 is 0 Å². The highest BCUT2D eigenvalue weighted by atomic mass is 16.5. The van der Waals surface area contributed by atoms with Crippen molar-refractivity contribution in [3.63, 3.8) is 0 Å². The van der Waals surface area contributed by atoms with Crippen LogP contribution in [0.15, 0.2) is 0 Å². The van der Waals surface area contributed by atoms with Gasteiger partial charge in [0.05, 0.1) is 12.1 Å². The maximum atomic E-state index is 11.1. The predicted octanol–water partition coefficient (Wildman–Crippen LogP) is -0.878. The first kappa shape index (κ1) is 9.45. The first-order valence-electron chi connectivity index (χ1n) is 4.83. The molecule has 78 valence electrons. The van der Waals surface area contributed by atoms with Crippen molar-refractivity contribution in [2.24, 2.45) is 0 Å². The Morgan fingerprint density at radius 1 is 1.64 bits per heavy atom. The third kappa shape index (κ3) is 1.72. The van der Waals surface area contributed by atoms with Gasteiger partial charge in [-0.15, -0.1) is 0 Å². The van der Waals surface area contributed by atoms with Crippen LogP contribution < -0.4 is 5.32 Å². The van der Waals surface area contributed by atoms with Crippen molar-refractivity contribution in [1.82, 2.24) is 10.2 Å². The highest BCUT2D eigenvalue weighted by Crippen LogP contribution is 2.17. The summed E-state index contributed by atoms with van der Waals surface area (Å²) < 4.78 is 5.37. The second-order valence-electron chi connectivity index (χ2n) is 3.78. The summed E-state index contributed by atoms with van der Waals surface area (Å²) in [5.41, 5.74) is 0. The Labute approximate surface area is 82.4 Å². The molecule has 0 aromatic carbocycles. The van der Waals surface area contributed by atoms with E-state index in [1.165, 1.54) is 0 Å². The van der Waals surface area contributed by atoms with Gasteiger partial charge in [-0.3, -0.25) is 9.59 Å². The summed E-state index contributed by atoms with van der Waals surface area (Å²) in [5.74, 6) is -0.0278. The minimum absolute atomic E-state index is 0.0195. The Balaban J connectivity index is 1.99. The molecule has 2 aliphatic heterocycles. The van der Waals surface area contributed by atoms with E-state index in [0.717, 1.165) is 13.0 Å². The summed E-state index contributed by atoms with van der Waals surface area (Å²) in [6.45, 7) is 3.01. The smallest absolute Gasteiger partial charge is 0.246 e. The Hall–Kier alpha value is -1.10. The van der Waals surface area contributed by atoms with Crippen molar-refractivity contribution in [2.75, 3.05) is 19.7 Å². The maximum absolute atomic E-state index is 11.1. The van der Waals surface area contributed by atoms with Crippen molar-refractivity contribution in [1.29, 1.82) is 0 Å². The summed E-state index contributed by atoms with van der Waals surface area (Å²) >= 11 is 0. The van der Waals surface area contributed by atoms with Gasteiger partial charge < -0.3 is 15.0 Å².